The van der Waals surface area contributed by atoms with E-state index in [4.69, 9.17) is 15.2 Å². The third-order valence-electron chi connectivity index (χ3n) is 2.20. The lowest BCUT2D eigenvalue weighted by atomic mass is 10.1. The van der Waals surface area contributed by atoms with Crippen LogP contribution in [0.5, 0.6) is 11.5 Å². The smallest absolute Gasteiger partial charge is 0.178 e. The van der Waals surface area contributed by atoms with Crippen LogP contribution in [-0.4, -0.2) is 36.1 Å². The average Bonchev–Trinajstić information content (AvgIpc) is 2.70. The molecule has 0 amide bonds. The average molecular weight is 231 g/mol. The standard InChI is InChI=1S/C9H13NO4S/c10-3-5(11)7(12)9-8-6(4-15-9)13-1-2-14-8/h4-5,7,11-12H,1-3,10H2. The molecule has 2 atom stereocenters. The molecule has 0 fully saturated rings. The minimum atomic E-state index is -1.01. The zero-order valence-electron chi connectivity index (χ0n) is 8.05. The SMILES string of the molecule is NCC(O)C(O)c1scc2c1OCCO2. The lowest BCUT2D eigenvalue weighted by Gasteiger charge is -2.19. The maximum atomic E-state index is 9.78. The van der Waals surface area contributed by atoms with E-state index < -0.39 is 12.2 Å². The molecule has 0 aromatic carbocycles. The molecule has 4 N–H and O–H groups in total. The van der Waals surface area contributed by atoms with Gasteiger partial charge in [0, 0.05) is 11.9 Å². The van der Waals surface area contributed by atoms with Crippen LogP contribution in [0, 0.1) is 0 Å². The number of nitrogens with two attached hydrogens (primary N) is 1. The molecule has 0 radical (unpaired) electrons. The van der Waals surface area contributed by atoms with Gasteiger partial charge in [0.15, 0.2) is 11.5 Å². The van der Waals surface area contributed by atoms with E-state index in [1.54, 1.807) is 5.38 Å². The highest BCUT2D eigenvalue weighted by Gasteiger charge is 2.27. The molecule has 1 aromatic rings. The Morgan fingerprint density at radius 1 is 1.40 bits per heavy atom. The maximum Gasteiger partial charge on any atom is 0.178 e. The van der Waals surface area contributed by atoms with Gasteiger partial charge in [-0.05, 0) is 0 Å². The second kappa shape index (κ2) is 4.36. The Balaban J connectivity index is 2.24. The minimum Gasteiger partial charge on any atom is -0.485 e. The molecular weight excluding hydrogens is 218 g/mol. The Labute approximate surface area is 91.0 Å². The van der Waals surface area contributed by atoms with Gasteiger partial charge in [0.25, 0.3) is 0 Å². The molecular formula is C9H13NO4S. The molecule has 0 aliphatic carbocycles. The van der Waals surface area contributed by atoms with Crippen molar-refractivity contribution in [2.45, 2.75) is 12.2 Å². The molecule has 6 heteroatoms. The number of fused-ring (bicyclic) bond motifs is 1. The minimum absolute atomic E-state index is 0.00863. The van der Waals surface area contributed by atoms with E-state index in [9.17, 15) is 10.2 Å². The topological polar surface area (TPSA) is 84.9 Å². The van der Waals surface area contributed by atoms with E-state index in [0.717, 1.165) is 0 Å². The van der Waals surface area contributed by atoms with Gasteiger partial charge in [-0.1, -0.05) is 0 Å². The van der Waals surface area contributed by atoms with E-state index in [1.165, 1.54) is 11.3 Å². The molecule has 1 aromatic heterocycles. The van der Waals surface area contributed by atoms with Gasteiger partial charge in [-0.2, -0.15) is 0 Å². The van der Waals surface area contributed by atoms with Crippen LogP contribution in [0.3, 0.4) is 0 Å². The zero-order valence-corrected chi connectivity index (χ0v) is 8.87. The quantitative estimate of drug-likeness (QED) is 0.675. The number of hydrogen-bond donors (Lipinski definition) is 3. The Bertz CT molecular complexity index is 341. The highest BCUT2D eigenvalue weighted by molar-refractivity contribution is 7.10. The summed E-state index contributed by atoms with van der Waals surface area (Å²) in [5.41, 5.74) is 5.28. The van der Waals surface area contributed by atoms with Crippen LogP contribution >= 0.6 is 11.3 Å². The van der Waals surface area contributed by atoms with Crippen molar-refractivity contribution in [2.24, 2.45) is 5.73 Å². The second-order valence-corrected chi connectivity index (χ2v) is 4.15. The molecule has 1 aliphatic rings. The number of rotatable bonds is 3. The van der Waals surface area contributed by atoms with Crippen LogP contribution in [0.15, 0.2) is 5.38 Å². The van der Waals surface area contributed by atoms with Crippen molar-refractivity contribution < 1.29 is 19.7 Å². The normalized spacial score (nSPS) is 18.6. The van der Waals surface area contributed by atoms with Gasteiger partial charge < -0.3 is 25.4 Å². The van der Waals surface area contributed by atoms with Crippen molar-refractivity contribution in [2.75, 3.05) is 19.8 Å². The van der Waals surface area contributed by atoms with Gasteiger partial charge in [0.05, 0.1) is 11.0 Å². The maximum absolute atomic E-state index is 9.78. The molecule has 0 spiro atoms. The van der Waals surface area contributed by atoms with Gasteiger partial charge >= 0.3 is 0 Å². The van der Waals surface area contributed by atoms with Gasteiger partial charge in [-0.15, -0.1) is 11.3 Å². The highest BCUT2D eigenvalue weighted by Crippen LogP contribution is 2.43. The van der Waals surface area contributed by atoms with Crippen molar-refractivity contribution in [1.82, 2.24) is 0 Å². The molecule has 2 rings (SSSR count). The molecule has 1 aliphatic heterocycles. The molecule has 15 heavy (non-hydrogen) atoms. The molecule has 84 valence electrons. The van der Waals surface area contributed by atoms with Gasteiger partial charge in [0.1, 0.15) is 19.3 Å². The van der Waals surface area contributed by atoms with Crippen molar-refractivity contribution in [3.63, 3.8) is 0 Å². The summed E-state index contributed by atoms with van der Waals surface area (Å²) in [4.78, 5) is 0.572. The first kappa shape index (κ1) is 10.7. The summed E-state index contributed by atoms with van der Waals surface area (Å²) in [6, 6.07) is 0. The summed E-state index contributed by atoms with van der Waals surface area (Å²) in [6.07, 6.45) is -1.98. The molecule has 2 unspecified atom stereocenters. The summed E-state index contributed by atoms with van der Waals surface area (Å²) in [5.74, 6) is 1.16. The van der Waals surface area contributed by atoms with E-state index in [-0.39, 0.29) is 6.54 Å². The van der Waals surface area contributed by atoms with Crippen molar-refractivity contribution in [3.8, 4) is 11.5 Å². The number of aliphatic hydroxyl groups is 2. The van der Waals surface area contributed by atoms with Crippen molar-refractivity contribution in [1.29, 1.82) is 0 Å². The fraction of sp³-hybridized carbons (Fsp3) is 0.556. The third-order valence-corrected chi connectivity index (χ3v) is 3.22. The molecule has 0 bridgehead atoms. The van der Waals surface area contributed by atoms with Crippen LogP contribution in [0.1, 0.15) is 11.0 Å². The lowest BCUT2D eigenvalue weighted by Crippen LogP contribution is -2.27. The van der Waals surface area contributed by atoms with Crippen LogP contribution < -0.4 is 15.2 Å². The van der Waals surface area contributed by atoms with Crippen LogP contribution in [0.2, 0.25) is 0 Å². The fourth-order valence-corrected chi connectivity index (χ4v) is 2.36. The molecule has 0 saturated carbocycles. The Morgan fingerprint density at radius 2 is 2.13 bits per heavy atom. The van der Waals surface area contributed by atoms with Gasteiger partial charge in [0.2, 0.25) is 0 Å². The highest BCUT2D eigenvalue weighted by atomic mass is 32.1. The largest absolute Gasteiger partial charge is 0.485 e. The van der Waals surface area contributed by atoms with E-state index in [0.29, 0.717) is 29.6 Å². The number of thiophene rings is 1. The van der Waals surface area contributed by atoms with Crippen LogP contribution in [-0.2, 0) is 0 Å². The second-order valence-electron chi connectivity index (χ2n) is 3.24. The number of aliphatic hydroxyl groups excluding tert-OH is 2. The fourth-order valence-electron chi connectivity index (χ4n) is 1.39. The lowest BCUT2D eigenvalue weighted by molar-refractivity contribution is 0.0239. The monoisotopic (exact) mass is 231 g/mol. The van der Waals surface area contributed by atoms with E-state index in [1.807, 2.05) is 0 Å². The zero-order chi connectivity index (χ0) is 10.8. The molecule has 0 saturated heterocycles. The number of ether oxygens (including phenoxy) is 2. The van der Waals surface area contributed by atoms with Crippen molar-refractivity contribution in [3.05, 3.63) is 10.3 Å². The predicted octanol–water partition coefficient (Wildman–Crippen LogP) is -0.128. The summed E-state index contributed by atoms with van der Waals surface area (Å²) >= 11 is 1.30. The molecule has 2 heterocycles. The Morgan fingerprint density at radius 3 is 2.87 bits per heavy atom. The molecule has 5 nitrogen and oxygen atoms in total. The predicted molar refractivity (Wildman–Crippen MR) is 55.3 cm³/mol. The van der Waals surface area contributed by atoms with E-state index in [2.05, 4.69) is 0 Å². The first-order chi connectivity index (χ1) is 7.24. The van der Waals surface area contributed by atoms with E-state index >= 15 is 0 Å². The first-order valence-corrected chi connectivity index (χ1v) is 5.55. The third kappa shape index (κ3) is 1.93. The number of hydrogen-bond acceptors (Lipinski definition) is 6. The summed E-state index contributed by atoms with van der Waals surface area (Å²) < 4.78 is 10.7. The Kier molecular flexibility index (Phi) is 3.11. The summed E-state index contributed by atoms with van der Waals surface area (Å²) in [7, 11) is 0. The van der Waals surface area contributed by atoms with Crippen LogP contribution in [0.25, 0.3) is 0 Å². The summed E-state index contributed by atoms with van der Waals surface area (Å²) in [6.45, 7) is 0.982. The van der Waals surface area contributed by atoms with Crippen LogP contribution in [0.4, 0.5) is 0 Å². The van der Waals surface area contributed by atoms with Gasteiger partial charge in [-0.3, -0.25) is 0 Å². The van der Waals surface area contributed by atoms with Gasteiger partial charge in [-0.25, -0.2) is 0 Å². The Hall–Kier alpha value is -0.820. The first-order valence-electron chi connectivity index (χ1n) is 4.67. The summed E-state index contributed by atoms with van der Waals surface area (Å²) in [5, 5.41) is 21.0. The van der Waals surface area contributed by atoms with Crippen molar-refractivity contribution >= 4 is 11.3 Å².